The molecule has 100 valence electrons. The third-order valence-corrected chi connectivity index (χ3v) is 3.71. The topological polar surface area (TPSA) is 62.9 Å². The minimum atomic E-state index is -0.988. The summed E-state index contributed by atoms with van der Waals surface area (Å²) in [7, 11) is 3.34. The summed E-state index contributed by atoms with van der Waals surface area (Å²) < 4.78 is 10.0. The highest BCUT2D eigenvalue weighted by atomic mass is 16.5. The first kappa shape index (κ1) is 13.1. The van der Waals surface area contributed by atoms with E-state index in [0.29, 0.717) is 18.6 Å². The zero-order chi connectivity index (χ0) is 13.3. The number of piperidine rings is 1. The molecule has 2 heterocycles. The van der Waals surface area contributed by atoms with Crippen LogP contribution < -0.4 is 0 Å². The number of hydrogen-bond donors (Lipinski definition) is 1. The first-order valence-corrected chi connectivity index (χ1v) is 6.07. The molecule has 2 unspecified atom stereocenters. The Morgan fingerprint density at radius 2 is 2.33 bits per heavy atom. The average molecular weight is 253 g/mol. The number of carbonyl (C=O) groups is 1. The van der Waals surface area contributed by atoms with E-state index in [4.69, 9.17) is 4.42 Å². The highest BCUT2D eigenvalue weighted by Gasteiger charge is 2.39. The molecule has 0 amide bonds. The van der Waals surface area contributed by atoms with Gasteiger partial charge in [0.05, 0.1) is 7.11 Å². The normalized spacial score (nSPS) is 29.2. The number of aliphatic hydroxyl groups is 1. The van der Waals surface area contributed by atoms with Crippen LogP contribution in [0.25, 0.3) is 0 Å². The van der Waals surface area contributed by atoms with Crippen molar-refractivity contribution in [3.63, 3.8) is 0 Å². The van der Waals surface area contributed by atoms with E-state index < -0.39 is 11.6 Å². The molecule has 1 aliphatic rings. The van der Waals surface area contributed by atoms with Crippen molar-refractivity contribution < 1.29 is 19.1 Å². The van der Waals surface area contributed by atoms with Gasteiger partial charge in [0.2, 0.25) is 5.76 Å². The summed E-state index contributed by atoms with van der Waals surface area (Å²) in [6.07, 6.45) is 1.19. The smallest absolute Gasteiger partial charge is 0.373 e. The first-order valence-electron chi connectivity index (χ1n) is 6.07. The molecule has 0 aliphatic carbocycles. The summed E-state index contributed by atoms with van der Waals surface area (Å²) >= 11 is 0. The quantitative estimate of drug-likeness (QED) is 0.806. The number of esters is 1. The molecule has 18 heavy (non-hydrogen) atoms. The fourth-order valence-corrected chi connectivity index (χ4v) is 2.35. The molecule has 2 atom stereocenters. The van der Waals surface area contributed by atoms with Gasteiger partial charge in [-0.05, 0) is 38.9 Å². The van der Waals surface area contributed by atoms with E-state index in [1.807, 2.05) is 7.05 Å². The van der Waals surface area contributed by atoms with Gasteiger partial charge in [-0.15, -0.1) is 0 Å². The second kappa shape index (κ2) is 4.74. The molecule has 1 aromatic heterocycles. The SMILES string of the molecule is COC(=O)c1ccc(C2(O)CCN(C)C(C)C2)o1. The Morgan fingerprint density at radius 1 is 1.61 bits per heavy atom. The Hall–Kier alpha value is -1.33. The molecule has 5 heteroatoms. The average Bonchev–Trinajstić information content (AvgIpc) is 2.83. The lowest BCUT2D eigenvalue weighted by atomic mass is 9.85. The molecule has 1 aromatic rings. The third-order valence-electron chi connectivity index (χ3n) is 3.71. The van der Waals surface area contributed by atoms with Crippen LogP contribution in [0.5, 0.6) is 0 Å². The van der Waals surface area contributed by atoms with Crippen LogP contribution in [-0.2, 0) is 10.3 Å². The molecule has 1 saturated heterocycles. The second-order valence-corrected chi connectivity index (χ2v) is 4.97. The Labute approximate surface area is 106 Å². The highest BCUT2D eigenvalue weighted by Crippen LogP contribution is 2.36. The maximum Gasteiger partial charge on any atom is 0.373 e. The Bertz CT molecular complexity index is 442. The standard InChI is InChI=1S/C13H19NO4/c1-9-8-13(16,6-7-14(9)2)11-5-4-10(18-11)12(15)17-3/h4-5,9,16H,6-8H2,1-3H3. The van der Waals surface area contributed by atoms with Crippen LogP contribution in [0.2, 0.25) is 0 Å². The van der Waals surface area contributed by atoms with Crippen LogP contribution >= 0.6 is 0 Å². The molecule has 5 nitrogen and oxygen atoms in total. The van der Waals surface area contributed by atoms with Crippen LogP contribution in [0.4, 0.5) is 0 Å². The van der Waals surface area contributed by atoms with Gasteiger partial charge in [-0.3, -0.25) is 0 Å². The number of carbonyl (C=O) groups excluding carboxylic acids is 1. The summed E-state index contributed by atoms with van der Waals surface area (Å²) in [5.74, 6) is 0.0567. The zero-order valence-corrected chi connectivity index (χ0v) is 11.0. The molecular weight excluding hydrogens is 234 g/mol. The van der Waals surface area contributed by atoms with Crippen molar-refractivity contribution in [2.45, 2.75) is 31.4 Å². The number of hydrogen-bond acceptors (Lipinski definition) is 5. The lowest BCUT2D eigenvalue weighted by molar-refractivity contribution is -0.0563. The summed E-state index contributed by atoms with van der Waals surface area (Å²) in [6.45, 7) is 2.86. The number of ether oxygens (including phenoxy) is 1. The third kappa shape index (κ3) is 2.28. The Kier molecular flexibility index (Phi) is 3.45. The van der Waals surface area contributed by atoms with Gasteiger partial charge in [0.1, 0.15) is 11.4 Å². The molecule has 1 aliphatic heterocycles. The Morgan fingerprint density at radius 3 is 2.94 bits per heavy atom. The monoisotopic (exact) mass is 253 g/mol. The molecular formula is C13H19NO4. The van der Waals surface area contributed by atoms with E-state index >= 15 is 0 Å². The predicted molar refractivity (Wildman–Crippen MR) is 65.3 cm³/mol. The molecule has 0 spiro atoms. The van der Waals surface area contributed by atoms with Gasteiger partial charge in [-0.2, -0.15) is 0 Å². The maximum atomic E-state index is 11.3. The van der Waals surface area contributed by atoms with Crippen LogP contribution in [-0.4, -0.2) is 42.7 Å². The van der Waals surface area contributed by atoms with E-state index in [2.05, 4.69) is 16.6 Å². The summed E-state index contributed by atoms with van der Waals surface area (Å²) in [6, 6.07) is 3.47. The van der Waals surface area contributed by atoms with Crippen molar-refractivity contribution in [1.82, 2.24) is 4.90 Å². The summed E-state index contributed by atoms with van der Waals surface area (Å²) in [5.41, 5.74) is -0.988. The van der Waals surface area contributed by atoms with E-state index in [9.17, 15) is 9.90 Å². The van der Waals surface area contributed by atoms with E-state index in [0.717, 1.165) is 6.54 Å². The molecule has 0 bridgehead atoms. The lowest BCUT2D eigenvalue weighted by Gasteiger charge is -2.39. The van der Waals surface area contributed by atoms with E-state index in [1.54, 1.807) is 12.1 Å². The van der Waals surface area contributed by atoms with Crippen LogP contribution in [0, 0.1) is 0 Å². The van der Waals surface area contributed by atoms with Crippen LogP contribution in [0.1, 0.15) is 36.1 Å². The molecule has 2 rings (SSSR count). The first-order chi connectivity index (χ1) is 8.46. The Balaban J connectivity index is 2.20. The van der Waals surface area contributed by atoms with Crippen molar-refractivity contribution in [1.29, 1.82) is 0 Å². The molecule has 0 saturated carbocycles. The van der Waals surface area contributed by atoms with Crippen molar-refractivity contribution in [3.8, 4) is 0 Å². The number of nitrogens with zero attached hydrogens (tertiary/aromatic N) is 1. The number of likely N-dealkylation sites (tertiary alicyclic amines) is 1. The number of rotatable bonds is 2. The van der Waals surface area contributed by atoms with Crippen molar-refractivity contribution >= 4 is 5.97 Å². The van der Waals surface area contributed by atoms with Gasteiger partial charge < -0.3 is 19.2 Å². The minimum Gasteiger partial charge on any atom is -0.463 e. The van der Waals surface area contributed by atoms with Crippen molar-refractivity contribution in [2.24, 2.45) is 0 Å². The van der Waals surface area contributed by atoms with Gasteiger partial charge in [-0.25, -0.2) is 4.79 Å². The van der Waals surface area contributed by atoms with Gasteiger partial charge in [0, 0.05) is 12.6 Å². The molecule has 1 N–H and O–H groups in total. The van der Waals surface area contributed by atoms with Crippen LogP contribution in [0.15, 0.2) is 16.5 Å². The minimum absolute atomic E-state index is 0.132. The summed E-state index contributed by atoms with van der Waals surface area (Å²) in [5, 5.41) is 10.6. The number of furan rings is 1. The lowest BCUT2D eigenvalue weighted by Crippen LogP contribution is -2.45. The van der Waals surface area contributed by atoms with Crippen LogP contribution in [0.3, 0.4) is 0 Å². The second-order valence-electron chi connectivity index (χ2n) is 4.97. The van der Waals surface area contributed by atoms with Crippen molar-refractivity contribution in [2.75, 3.05) is 20.7 Å². The van der Waals surface area contributed by atoms with Gasteiger partial charge >= 0.3 is 5.97 Å². The fraction of sp³-hybridized carbons (Fsp3) is 0.615. The maximum absolute atomic E-state index is 11.3. The van der Waals surface area contributed by atoms with Gasteiger partial charge in [-0.1, -0.05) is 0 Å². The number of methoxy groups -OCH3 is 1. The predicted octanol–water partition coefficient (Wildman–Crippen LogP) is 1.37. The zero-order valence-electron chi connectivity index (χ0n) is 11.0. The van der Waals surface area contributed by atoms with Crippen molar-refractivity contribution in [3.05, 3.63) is 23.7 Å². The molecule has 0 radical (unpaired) electrons. The molecule has 1 fully saturated rings. The van der Waals surface area contributed by atoms with E-state index in [1.165, 1.54) is 7.11 Å². The highest BCUT2D eigenvalue weighted by molar-refractivity contribution is 5.86. The fourth-order valence-electron chi connectivity index (χ4n) is 2.35. The van der Waals surface area contributed by atoms with E-state index in [-0.39, 0.29) is 11.8 Å². The largest absolute Gasteiger partial charge is 0.463 e. The van der Waals surface area contributed by atoms with Gasteiger partial charge in [0.25, 0.3) is 0 Å². The van der Waals surface area contributed by atoms with Gasteiger partial charge in [0.15, 0.2) is 0 Å². The summed E-state index contributed by atoms with van der Waals surface area (Å²) in [4.78, 5) is 13.5. The molecule has 0 aromatic carbocycles.